The zero-order valence-electron chi connectivity index (χ0n) is 11.7. The maximum Gasteiger partial charge on any atom is 0.0641 e. The molecule has 0 saturated carbocycles. The summed E-state index contributed by atoms with van der Waals surface area (Å²) in [6, 6.07) is 21.2. The molecule has 1 fully saturated rings. The van der Waals surface area contributed by atoms with Crippen LogP contribution >= 0.6 is 0 Å². The molecule has 2 aromatic rings. The van der Waals surface area contributed by atoms with Crippen LogP contribution in [0.15, 0.2) is 60.7 Å². The van der Waals surface area contributed by atoms with Crippen LogP contribution in [0.25, 0.3) is 0 Å². The summed E-state index contributed by atoms with van der Waals surface area (Å²) in [7, 11) is 0. The van der Waals surface area contributed by atoms with Crippen LogP contribution in [0.3, 0.4) is 0 Å². The molecule has 104 valence electrons. The molecule has 1 N–H and O–H groups in total. The topological polar surface area (TPSA) is 23.5 Å². The number of aliphatic hydroxyl groups excluding tert-OH is 1. The summed E-state index contributed by atoms with van der Waals surface area (Å²) in [5.41, 5.74) is 2.55. The van der Waals surface area contributed by atoms with Crippen molar-refractivity contribution in [3.8, 4) is 0 Å². The molecule has 2 nitrogen and oxygen atoms in total. The van der Waals surface area contributed by atoms with Crippen LogP contribution in [0.1, 0.15) is 24.3 Å². The van der Waals surface area contributed by atoms with Gasteiger partial charge < -0.3 is 10.0 Å². The highest BCUT2D eigenvalue weighted by molar-refractivity contribution is 5.49. The highest BCUT2D eigenvalue weighted by Crippen LogP contribution is 2.35. The van der Waals surface area contributed by atoms with Crippen LogP contribution in [-0.4, -0.2) is 24.3 Å². The molecule has 1 saturated heterocycles. The summed E-state index contributed by atoms with van der Waals surface area (Å²) < 4.78 is 0. The lowest BCUT2D eigenvalue weighted by atomic mass is 9.83. The van der Waals surface area contributed by atoms with Gasteiger partial charge in [0.2, 0.25) is 0 Å². The van der Waals surface area contributed by atoms with Crippen molar-refractivity contribution in [1.82, 2.24) is 0 Å². The Morgan fingerprint density at radius 2 is 1.60 bits per heavy atom. The lowest BCUT2D eigenvalue weighted by molar-refractivity contribution is 0.223. The Kier molecular flexibility index (Phi) is 4.03. The van der Waals surface area contributed by atoms with Gasteiger partial charge in [-0.3, -0.25) is 0 Å². The van der Waals surface area contributed by atoms with E-state index in [1.54, 1.807) is 0 Å². The third kappa shape index (κ3) is 2.56. The van der Waals surface area contributed by atoms with Crippen molar-refractivity contribution in [3.63, 3.8) is 0 Å². The van der Waals surface area contributed by atoms with Crippen molar-refractivity contribution in [2.45, 2.75) is 24.8 Å². The summed E-state index contributed by atoms with van der Waals surface area (Å²) in [5.74, 6) is 0.412. The van der Waals surface area contributed by atoms with E-state index in [4.69, 9.17) is 0 Å². The van der Waals surface area contributed by atoms with Crippen molar-refractivity contribution in [2.75, 3.05) is 18.1 Å². The third-order valence-electron chi connectivity index (χ3n) is 4.28. The molecule has 0 bridgehead atoms. The smallest absolute Gasteiger partial charge is 0.0641 e. The van der Waals surface area contributed by atoms with Gasteiger partial charge in [0, 0.05) is 18.2 Å². The van der Waals surface area contributed by atoms with Gasteiger partial charge in [-0.15, -0.1) is 0 Å². The number of benzene rings is 2. The predicted molar refractivity (Wildman–Crippen MR) is 83.1 cm³/mol. The summed E-state index contributed by atoms with van der Waals surface area (Å²) in [6.45, 7) is 1.23. The number of hydrogen-bond acceptors (Lipinski definition) is 2. The van der Waals surface area contributed by atoms with Crippen LogP contribution in [0, 0.1) is 0 Å². The second-order valence-corrected chi connectivity index (χ2v) is 5.44. The van der Waals surface area contributed by atoms with Gasteiger partial charge in [0.15, 0.2) is 0 Å². The molecule has 0 aromatic heterocycles. The van der Waals surface area contributed by atoms with Gasteiger partial charge in [0.25, 0.3) is 0 Å². The molecular formula is C18H21NO. The number of piperidine rings is 1. The number of anilines is 1. The molecule has 1 aliphatic heterocycles. The fourth-order valence-corrected chi connectivity index (χ4v) is 3.31. The van der Waals surface area contributed by atoms with E-state index in [2.05, 4.69) is 59.5 Å². The molecular weight excluding hydrogens is 246 g/mol. The average Bonchev–Trinajstić information content (AvgIpc) is 2.55. The second kappa shape index (κ2) is 6.10. The van der Waals surface area contributed by atoms with E-state index in [1.807, 2.05) is 6.07 Å². The fourth-order valence-electron chi connectivity index (χ4n) is 3.31. The Morgan fingerprint density at radius 3 is 2.25 bits per heavy atom. The number of hydrogen-bond donors (Lipinski definition) is 1. The molecule has 0 spiro atoms. The van der Waals surface area contributed by atoms with Gasteiger partial charge in [0.05, 0.1) is 12.6 Å². The van der Waals surface area contributed by atoms with E-state index in [9.17, 15) is 5.11 Å². The van der Waals surface area contributed by atoms with Gasteiger partial charge in [-0.2, -0.15) is 0 Å². The Labute approximate surface area is 120 Å². The zero-order chi connectivity index (χ0) is 13.8. The number of rotatable bonds is 3. The van der Waals surface area contributed by atoms with Gasteiger partial charge in [-0.25, -0.2) is 0 Å². The average molecular weight is 267 g/mol. The molecule has 0 amide bonds. The molecule has 3 rings (SSSR count). The fraction of sp³-hybridized carbons (Fsp3) is 0.333. The standard InChI is InChI=1S/C18H21NO/c20-14-18-17(15-8-3-1-4-9-15)12-7-13-19(18)16-10-5-2-6-11-16/h1-6,8-11,17-18,20H,7,12-14H2. The van der Waals surface area contributed by atoms with Crippen LogP contribution in [0.2, 0.25) is 0 Å². The molecule has 0 radical (unpaired) electrons. The van der Waals surface area contributed by atoms with Gasteiger partial charge in [-0.05, 0) is 30.5 Å². The molecule has 20 heavy (non-hydrogen) atoms. The summed E-state index contributed by atoms with van der Waals surface area (Å²) >= 11 is 0. The Morgan fingerprint density at radius 1 is 0.950 bits per heavy atom. The van der Waals surface area contributed by atoms with Crippen molar-refractivity contribution < 1.29 is 5.11 Å². The van der Waals surface area contributed by atoms with E-state index in [1.165, 1.54) is 17.7 Å². The highest BCUT2D eigenvalue weighted by Gasteiger charge is 2.31. The molecule has 1 heterocycles. The van der Waals surface area contributed by atoms with Crippen molar-refractivity contribution in [1.29, 1.82) is 0 Å². The van der Waals surface area contributed by atoms with Crippen LogP contribution in [-0.2, 0) is 0 Å². The minimum atomic E-state index is 0.175. The van der Waals surface area contributed by atoms with Crippen molar-refractivity contribution in [3.05, 3.63) is 66.2 Å². The first-order chi connectivity index (χ1) is 9.90. The minimum Gasteiger partial charge on any atom is -0.394 e. The Bertz CT molecular complexity index is 478. The largest absolute Gasteiger partial charge is 0.394 e. The summed E-state index contributed by atoms with van der Waals surface area (Å²) in [4.78, 5) is 2.36. The lowest BCUT2D eigenvalue weighted by Gasteiger charge is -2.42. The maximum absolute atomic E-state index is 9.91. The number of nitrogens with zero attached hydrogens (tertiary/aromatic N) is 1. The predicted octanol–water partition coefficient (Wildman–Crippen LogP) is 3.43. The quantitative estimate of drug-likeness (QED) is 0.921. The maximum atomic E-state index is 9.91. The van der Waals surface area contributed by atoms with E-state index >= 15 is 0 Å². The zero-order valence-corrected chi connectivity index (χ0v) is 11.7. The van der Waals surface area contributed by atoms with E-state index in [-0.39, 0.29) is 12.6 Å². The number of para-hydroxylation sites is 1. The first kappa shape index (κ1) is 13.2. The van der Waals surface area contributed by atoms with Gasteiger partial charge >= 0.3 is 0 Å². The second-order valence-electron chi connectivity index (χ2n) is 5.44. The van der Waals surface area contributed by atoms with E-state index < -0.39 is 0 Å². The molecule has 2 aromatic carbocycles. The summed E-state index contributed by atoms with van der Waals surface area (Å²) in [6.07, 6.45) is 2.32. The molecule has 2 atom stereocenters. The van der Waals surface area contributed by atoms with Crippen molar-refractivity contribution in [2.24, 2.45) is 0 Å². The molecule has 0 aliphatic carbocycles. The molecule has 1 aliphatic rings. The Hall–Kier alpha value is -1.80. The molecule has 2 unspecified atom stereocenters. The van der Waals surface area contributed by atoms with Crippen molar-refractivity contribution >= 4 is 5.69 Å². The van der Waals surface area contributed by atoms with Crippen LogP contribution in [0.5, 0.6) is 0 Å². The SMILES string of the molecule is OCC1C(c2ccccc2)CCCN1c1ccccc1. The van der Waals surface area contributed by atoms with E-state index in [0.29, 0.717) is 5.92 Å². The lowest BCUT2D eigenvalue weighted by Crippen LogP contribution is -2.46. The third-order valence-corrected chi connectivity index (χ3v) is 4.28. The van der Waals surface area contributed by atoms with E-state index in [0.717, 1.165) is 13.0 Å². The van der Waals surface area contributed by atoms with Gasteiger partial charge in [-0.1, -0.05) is 48.5 Å². The minimum absolute atomic E-state index is 0.175. The first-order valence-corrected chi connectivity index (χ1v) is 7.37. The Balaban J connectivity index is 1.90. The highest BCUT2D eigenvalue weighted by atomic mass is 16.3. The summed E-state index contributed by atoms with van der Waals surface area (Å²) in [5, 5.41) is 9.91. The van der Waals surface area contributed by atoms with Crippen LogP contribution < -0.4 is 4.90 Å². The molecule has 2 heteroatoms. The number of aliphatic hydroxyl groups is 1. The van der Waals surface area contributed by atoms with Crippen LogP contribution in [0.4, 0.5) is 5.69 Å². The monoisotopic (exact) mass is 267 g/mol. The first-order valence-electron chi connectivity index (χ1n) is 7.37. The normalized spacial score (nSPS) is 22.8. The van der Waals surface area contributed by atoms with Gasteiger partial charge in [0.1, 0.15) is 0 Å².